The van der Waals surface area contributed by atoms with Gasteiger partial charge in [-0.15, -0.1) is 0 Å². The lowest BCUT2D eigenvalue weighted by molar-refractivity contribution is 0.155. The molecule has 0 atom stereocenters. The van der Waals surface area contributed by atoms with E-state index < -0.39 is 6.09 Å². The Kier molecular flexibility index (Phi) is 7.23. The minimum atomic E-state index is -0.604. The molecule has 1 N–H and O–H groups in total. The lowest BCUT2D eigenvalue weighted by Crippen LogP contribution is -2.29. The van der Waals surface area contributed by atoms with Crippen LogP contribution in [0.5, 0.6) is 0 Å². The van der Waals surface area contributed by atoms with E-state index in [9.17, 15) is 4.79 Å². The third kappa shape index (κ3) is 5.39. The van der Waals surface area contributed by atoms with Gasteiger partial charge in [-0.05, 0) is 55.5 Å². The van der Waals surface area contributed by atoms with E-state index >= 15 is 0 Å². The highest BCUT2D eigenvalue weighted by molar-refractivity contribution is 6.31. The summed E-state index contributed by atoms with van der Waals surface area (Å²) in [7, 11) is 0. The molecule has 36 heavy (non-hydrogen) atoms. The average Bonchev–Trinajstić information content (AvgIpc) is 3.28. The van der Waals surface area contributed by atoms with Gasteiger partial charge in [-0.2, -0.15) is 0 Å². The number of anilines is 2. The SMILES string of the molecule is Cc1noc(-c2ccc(-c3ccc(N4CCCCC4)cc3)cc2)c1NC(=O)OCc1ccccc1Cl. The molecule has 184 valence electrons. The zero-order valence-electron chi connectivity index (χ0n) is 20.2. The predicted molar refractivity (Wildman–Crippen MR) is 143 cm³/mol. The van der Waals surface area contributed by atoms with Gasteiger partial charge in [0.25, 0.3) is 0 Å². The summed E-state index contributed by atoms with van der Waals surface area (Å²) >= 11 is 6.14. The van der Waals surface area contributed by atoms with Crippen molar-refractivity contribution in [2.75, 3.05) is 23.3 Å². The van der Waals surface area contributed by atoms with Crippen molar-refractivity contribution in [2.24, 2.45) is 0 Å². The maximum atomic E-state index is 12.5. The second-order valence-corrected chi connectivity index (χ2v) is 9.34. The molecule has 1 fully saturated rings. The van der Waals surface area contributed by atoms with Gasteiger partial charge in [-0.25, -0.2) is 4.79 Å². The van der Waals surface area contributed by atoms with Gasteiger partial charge in [0, 0.05) is 34.9 Å². The number of aryl methyl sites for hydroxylation is 1. The Morgan fingerprint density at radius 1 is 0.944 bits per heavy atom. The molecule has 1 aliphatic heterocycles. The maximum absolute atomic E-state index is 12.5. The first-order valence-corrected chi connectivity index (χ1v) is 12.6. The number of halogens is 1. The Labute approximate surface area is 215 Å². The van der Waals surface area contributed by atoms with Gasteiger partial charge in [0.15, 0.2) is 5.76 Å². The predicted octanol–water partition coefficient (Wildman–Crippen LogP) is 7.71. The maximum Gasteiger partial charge on any atom is 0.412 e. The van der Waals surface area contributed by atoms with Crippen LogP contribution in [0, 0.1) is 6.92 Å². The Morgan fingerprint density at radius 3 is 2.28 bits per heavy atom. The Hall–Kier alpha value is -3.77. The molecule has 2 heterocycles. The van der Waals surface area contributed by atoms with Crippen LogP contribution < -0.4 is 10.2 Å². The number of hydrogen-bond donors (Lipinski definition) is 1. The monoisotopic (exact) mass is 501 g/mol. The molecule has 7 heteroatoms. The number of nitrogens with one attached hydrogen (secondary N) is 1. The minimum Gasteiger partial charge on any atom is -0.444 e. The molecule has 5 rings (SSSR count). The van der Waals surface area contributed by atoms with Crippen LogP contribution in [0.4, 0.5) is 16.2 Å². The smallest absolute Gasteiger partial charge is 0.412 e. The van der Waals surface area contributed by atoms with Gasteiger partial charge < -0.3 is 14.2 Å². The zero-order chi connectivity index (χ0) is 24.9. The molecule has 1 amide bonds. The fourth-order valence-electron chi connectivity index (χ4n) is 4.44. The summed E-state index contributed by atoms with van der Waals surface area (Å²) in [5.74, 6) is 0.481. The van der Waals surface area contributed by atoms with Crippen LogP contribution in [-0.4, -0.2) is 24.3 Å². The molecule has 0 spiro atoms. The highest BCUT2D eigenvalue weighted by Gasteiger charge is 2.19. The average molecular weight is 502 g/mol. The van der Waals surface area contributed by atoms with E-state index in [0.29, 0.717) is 22.2 Å². The van der Waals surface area contributed by atoms with Crippen LogP contribution in [0.1, 0.15) is 30.5 Å². The molecule has 4 aromatic rings. The standard InChI is InChI=1S/C29H28ClN3O3/c1-20-27(31-29(34)35-19-24-7-3-4-8-26(24)30)28(36-32-20)23-11-9-21(10-12-23)22-13-15-25(16-14-22)33-17-5-2-6-18-33/h3-4,7-16H,2,5-6,17-19H2,1H3,(H,31,34). The molecule has 0 radical (unpaired) electrons. The first kappa shape index (κ1) is 23.9. The zero-order valence-corrected chi connectivity index (χ0v) is 20.9. The lowest BCUT2D eigenvalue weighted by atomic mass is 10.0. The van der Waals surface area contributed by atoms with Crippen LogP contribution in [0.25, 0.3) is 22.5 Å². The summed E-state index contributed by atoms with van der Waals surface area (Å²) in [6, 6.07) is 24.0. The lowest BCUT2D eigenvalue weighted by Gasteiger charge is -2.28. The third-order valence-corrected chi connectivity index (χ3v) is 6.84. The summed E-state index contributed by atoms with van der Waals surface area (Å²) in [5.41, 5.74) is 6.13. The first-order valence-electron chi connectivity index (χ1n) is 12.2. The third-order valence-electron chi connectivity index (χ3n) is 6.48. The van der Waals surface area contributed by atoms with Crippen LogP contribution >= 0.6 is 11.6 Å². The van der Waals surface area contributed by atoms with E-state index in [1.54, 1.807) is 13.0 Å². The molecule has 0 unspecified atom stereocenters. The van der Waals surface area contributed by atoms with Crippen LogP contribution in [0.15, 0.2) is 77.3 Å². The van der Waals surface area contributed by atoms with Gasteiger partial charge in [-0.3, -0.25) is 5.32 Å². The molecule has 0 saturated carbocycles. The molecule has 6 nitrogen and oxygen atoms in total. The van der Waals surface area contributed by atoms with Crippen molar-refractivity contribution in [3.63, 3.8) is 0 Å². The quantitative estimate of drug-likeness (QED) is 0.293. The molecular formula is C29H28ClN3O3. The van der Waals surface area contributed by atoms with Crippen molar-refractivity contribution in [3.8, 4) is 22.5 Å². The van der Waals surface area contributed by atoms with Crippen molar-refractivity contribution in [1.29, 1.82) is 0 Å². The normalized spacial score (nSPS) is 13.4. The summed E-state index contributed by atoms with van der Waals surface area (Å²) < 4.78 is 10.9. The van der Waals surface area contributed by atoms with E-state index in [1.807, 2.05) is 42.5 Å². The number of carbonyl (C=O) groups excluding carboxylic acids is 1. The first-order chi connectivity index (χ1) is 17.6. The van der Waals surface area contributed by atoms with Gasteiger partial charge >= 0.3 is 6.09 Å². The number of hydrogen-bond acceptors (Lipinski definition) is 5. The molecule has 3 aromatic carbocycles. The number of rotatable bonds is 6. The molecule has 0 bridgehead atoms. The number of nitrogens with zero attached hydrogens (tertiary/aromatic N) is 2. The fraction of sp³-hybridized carbons (Fsp3) is 0.241. The number of piperidine rings is 1. The fourth-order valence-corrected chi connectivity index (χ4v) is 4.63. The number of amides is 1. The van der Waals surface area contributed by atoms with Gasteiger partial charge in [-0.1, -0.05) is 71.4 Å². The topological polar surface area (TPSA) is 67.6 Å². The molecular weight excluding hydrogens is 474 g/mol. The minimum absolute atomic E-state index is 0.0659. The summed E-state index contributed by atoms with van der Waals surface area (Å²) in [5, 5.41) is 7.36. The van der Waals surface area contributed by atoms with Crippen molar-refractivity contribution in [3.05, 3.63) is 89.1 Å². The molecule has 1 aliphatic rings. The van der Waals surface area contributed by atoms with Crippen molar-refractivity contribution in [1.82, 2.24) is 5.16 Å². The van der Waals surface area contributed by atoms with E-state index in [1.165, 1.54) is 24.9 Å². The second-order valence-electron chi connectivity index (χ2n) is 8.94. The highest BCUT2D eigenvalue weighted by atomic mass is 35.5. The van der Waals surface area contributed by atoms with E-state index in [-0.39, 0.29) is 6.61 Å². The number of aromatic nitrogens is 1. The van der Waals surface area contributed by atoms with Gasteiger partial charge in [0.1, 0.15) is 18.0 Å². The second kappa shape index (κ2) is 10.9. The molecule has 1 aromatic heterocycles. The Balaban J connectivity index is 1.27. The largest absolute Gasteiger partial charge is 0.444 e. The van der Waals surface area contributed by atoms with Crippen molar-refractivity contribution < 1.29 is 14.1 Å². The number of carbonyl (C=O) groups is 1. The molecule has 1 saturated heterocycles. The van der Waals surface area contributed by atoms with E-state index in [4.69, 9.17) is 20.9 Å². The van der Waals surface area contributed by atoms with E-state index in [2.05, 4.69) is 39.6 Å². The number of benzene rings is 3. The summed E-state index contributed by atoms with van der Waals surface area (Å²) in [4.78, 5) is 14.9. The summed E-state index contributed by atoms with van der Waals surface area (Å²) in [6.07, 6.45) is 3.25. The van der Waals surface area contributed by atoms with E-state index in [0.717, 1.165) is 35.3 Å². The van der Waals surface area contributed by atoms with Crippen LogP contribution in [-0.2, 0) is 11.3 Å². The summed E-state index contributed by atoms with van der Waals surface area (Å²) in [6.45, 7) is 4.11. The number of ether oxygens (including phenoxy) is 1. The Morgan fingerprint density at radius 2 is 1.58 bits per heavy atom. The van der Waals surface area contributed by atoms with Gasteiger partial charge in [0.2, 0.25) is 0 Å². The van der Waals surface area contributed by atoms with Crippen LogP contribution in [0.3, 0.4) is 0 Å². The van der Waals surface area contributed by atoms with Crippen molar-refractivity contribution in [2.45, 2.75) is 32.8 Å². The highest BCUT2D eigenvalue weighted by Crippen LogP contribution is 2.33. The van der Waals surface area contributed by atoms with Crippen LogP contribution in [0.2, 0.25) is 5.02 Å². The molecule has 0 aliphatic carbocycles. The Bertz CT molecular complexity index is 1330. The van der Waals surface area contributed by atoms with Crippen molar-refractivity contribution >= 4 is 29.1 Å². The van der Waals surface area contributed by atoms with Gasteiger partial charge in [0.05, 0.1) is 0 Å².